The fourth-order valence-corrected chi connectivity index (χ4v) is 1.70. The zero-order valence-corrected chi connectivity index (χ0v) is 7.97. The molecule has 0 aromatic carbocycles. The van der Waals surface area contributed by atoms with E-state index < -0.39 is 0 Å². The molecule has 1 saturated heterocycles. The Bertz CT molecular complexity index is 151. The van der Waals surface area contributed by atoms with Crippen LogP contribution in [0.1, 0.15) is 26.7 Å². The Morgan fingerprint density at radius 3 is 2.50 bits per heavy atom. The maximum absolute atomic E-state index is 10.3. The van der Waals surface area contributed by atoms with Gasteiger partial charge in [-0.1, -0.05) is 0 Å². The molecule has 0 atom stereocenters. The highest BCUT2D eigenvalue weighted by Crippen LogP contribution is 2.12. The molecule has 0 aliphatic carbocycles. The summed E-state index contributed by atoms with van der Waals surface area (Å²) in [6, 6.07) is 0. The van der Waals surface area contributed by atoms with Gasteiger partial charge in [0.2, 0.25) is 6.41 Å². The zero-order valence-electron chi connectivity index (χ0n) is 7.97. The standard InChI is InChI=1S/C9H18N2O/c1-9(2,10-8-12)7-11-5-3-4-6-11/h8H,3-7H2,1-2H3,(H,10,12). The number of carbonyl (C=O) groups is 1. The van der Waals surface area contributed by atoms with Gasteiger partial charge in [0, 0.05) is 12.1 Å². The molecule has 1 aliphatic rings. The van der Waals surface area contributed by atoms with Crippen molar-refractivity contribution in [2.24, 2.45) is 0 Å². The fraction of sp³-hybridized carbons (Fsp3) is 0.889. The topological polar surface area (TPSA) is 32.3 Å². The average molecular weight is 170 g/mol. The summed E-state index contributed by atoms with van der Waals surface area (Å²) in [5.74, 6) is 0. The van der Waals surface area contributed by atoms with Crippen molar-refractivity contribution in [1.82, 2.24) is 10.2 Å². The lowest BCUT2D eigenvalue weighted by Crippen LogP contribution is -2.47. The smallest absolute Gasteiger partial charge is 0.207 e. The van der Waals surface area contributed by atoms with Crippen LogP contribution in [0, 0.1) is 0 Å². The second-order valence-electron chi connectivity index (χ2n) is 4.13. The normalized spacial score (nSPS) is 19.5. The van der Waals surface area contributed by atoms with Crippen LogP contribution in [0.3, 0.4) is 0 Å². The van der Waals surface area contributed by atoms with Crippen LogP contribution in [0.25, 0.3) is 0 Å². The van der Waals surface area contributed by atoms with Crippen LogP contribution in [-0.2, 0) is 4.79 Å². The molecule has 70 valence electrons. The Balaban J connectivity index is 2.31. The van der Waals surface area contributed by atoms with Gasteiger partial charge in [0.25, 0.3) is 0 Å². The number of carbonyl (C=O) groups excluding carboxylic acids is 1. The molecule has 1 amide bonds. The van der Waals surface area contributed by atoms with Gasteiger partial charge in [-0.3, -0.25) is 4.79 Å². The minimum absolute atomic E-state index is 0.0773. The van der Waals surface area contributed by atoms with Gasteiger partial charge in [-0.15, -0.1) is 0 Å². The van der Waals surface area contributed by atoms with Gasteiger partial charge >= 0.3 is 0 Å². The average Bonchev–Trinajstić information content (AvgIpc) is 2.38. The molecule has 0 radical (unpaired) electrons. The van der Waals surface area contributed by atoms with Crippen molar-refractivity contribution in [2.75, 3.05) is 19.6 Å². The lowest BCUT2D eigenvalue weighted by Gasteiger charge is -2.29. The van der Waals surface area contributed by atoms with E-state index in [4.69, 9.17) is 0 Å². The molecule has 0 bridgehead atoms. The molecule has 1 aliphatic heterocycles. The van der Waals surface area contributed by atoms with Crippen molar-refractivity contribution in [3.63, 3.8) is 0 Å². The van der Waals surface area contributed by atoms with Crippen LogP contribution in [0.4, 0.5) is 0 Å². The third kappa shape index (κ3) is 2.81. The molecule has 1 heterocycles. The van der Waals surface area contributed by atoms with Crippen LogP contribution in [0.15, 0.2) is 0 Å². The van der Waals surface area contributed by atoms with E-state index in [1.165, 1.54) is 25.9 Å². The molecule has 0 unspecified atom stereocenters. The number of nitrogens with zero attached hydrogens (tertiary/aromatic N) is 1. The van der Waals surface area contributed by atoms with Crippen molar-refractivity contribution in [3.05, 3.63) is 0 Å². The molecule has 3 heteroatoms. The van der Waals surface area contributed by atoms with E-state index in [1.807, 2.05) is 0 Å². The van der Waals surface area contributed by atoms with Crippen molar-refractivity contribution < 1.29 is 4.79 Å². The molecule has 1 fully saturated rings. The van der Waals surface area contributed by atoms with Crippen molar-refractivity contribution in [1.29, 1.82) is 0 Å². The van der Waals surface area contributed by atoms with E-state index in [9.17, 15) is 4.79 Å². The predicted molar refractivity (Wildman–Crippen MR) is 49.0 cm³/mol. The van der Waals surface area contributed by atoms with E-state index in [0.29, 0.717) is 0 Å². The van der Waals surface area contributed by atoms with Crippen LogP contribution >= 0.6 is 0 Å². The molecule has 12 heavy (non-hydrogen) atoms. The summed E-state index contributed by atoms with van der Waals surface area (Å²) in [6.45, 7) is 7.44. The number of amides is 1. The quantitative estimate of drug-likeness (QED) is 0.627. The summed E-state index contributed by atoms with van der Waals surface area (Å²) in [6.07, 6.45) is 3.39. The molecule has 3 nitrogen and oxygen atoms in total. The molecule has 1 N–H and O–H groups in total. The number of nitrogens with one attached hydrogen (secondary N) is 1. The summed E-state index contributed by atoms with van der Waals surface area (Å²) in [5, 5.41) is 2.83. The maximum Gasteiger partial charge on any atom is 0.207 e. The monoisotopic (exact) mass is 170 g/mol. The van der Waals surface area contributed by atoms with Crippen LogP contribution < -0.4 is 5.32 Å². The molecule has 0 saturated carbocycles. The van der Waals surface area contributed by atoms with E-state index in [0.717, 1.165) is 13.0 Å². The maximum atomic E-state index is 10.3. The third-order valence-electron chi connectivity index (χ3n) is 2.27. The second kappa shape index (κ2) is 3.90. The van der Waals surface area contributed by atoms with Crippen LogP contribution in [-0.4, -0.2) is 36.5 Å². The van der Waals surface area contributed by atoms with Crippen molar-refractivity contribution >= 4 is 6.41 Å². The van der Waals surface area contributed by atoms with Gasteiger partial charge in [-0.05, 0) is 39.8 Å². The highest BCUT2D eigenvalue weighted by atomic mass is 16.1. The van der Waals surface area contributed by atoms with E-state index in [1.54, 1.807) is 0 Å². The van der Waals surface area contributed by atoms with E-state index in [2.05, 4.69) is 24.1 Å². The molecule has 1 rings (SSSR count). The summed E-state index contributed by atoms with van der Waals surface area (Å²) >= 11 is 0. The molecular formula is C9H18N2O. The minimum atomic E-state index is -0.0773. The first-order valence-corrected chi connectivity index (χ1v) is 4.58. The van der Waals surface area contributed by atoms with Gasteiger partial charge in [-0.25, -0.2) is 0 Å². The van der Waals surface area contributed by atoms with Crippen LogP contribution in [0.5, 0.6) is 0 Å². The lowest BCUT2D eigenvalue weighted by molar-refractivity contribution is -0.111. The lowest BCUT2D eigenvalue weighted by atomic mass is 10.1. The third-order valence-corrected chi connectivity index (χ3v) is 2.27. The Morgan fingerprint density at radius 2 is 2.00 bits per heavy atom. The number of likely N-dealkylation sites (tertiary alicyclic amines) is 1. The largest absolute Gasteiger partial charge is 0.353 e. The first-order chi connectivity index (χ1) is 5.64. The highest BCUT2D eigenvalue weighted by Gasteiger charge is 2.22. The summed E-state index contributed by atoms with van der Waals surface area (Å²) in [4.78, 5) is 12.7. The van der Waals surface area contributed by atoms with Gasteiger partial charge < -0.3 is 10.2 Å². The number of rotatable bonds is 4. The van der Waals surface area contributed by atoms with Gasteiger partial charge in [-0.2, -0.15) is 0 Å². The fourth-order valence-electron chi connectivity index (χ4n) is 1.70. The van der Waals surface area contributed by atoms with Crippen LogP contribution in [0.2, 0.25) is 0 Å². The summed E-state index contributed by atoms with van der Waals surface area (Å²) in [5.41, 5.74) is -0.0773. The zero-order chi connectivity index (χ0) is 9.03. The SMILES string of the molecule is CC(C)(CN1CCCC1)NC=O. The van der Waals surface area contributed by atoms with Gasteiger partial charge in [0.15, 0.2) is 0 Å². The van der Waals surface area contributed by atoms with Crippen molar-refractivity contribution in [2.45, 2.75) is 32.2 Å². The van der Waals surface area contributed by atoms with Gasteiger partial charge in [0.1, 0.15) is 0 Å². The minimum Gasteiger partial charge on any atom is -0.353 e. The van der Waals surface area contributed by atoms with Crippen molar-refractivity contribution in [3.8, 4) is 0 Å². The Labute approximate surface area is 74.1 Å². The Hall–Kier alpha value is -0.570. The summed E-state index contributed by atoms with van der Waals surface area (Å²) in [7, 11) is 0. The predicted octanol–water partition coefficient (Wildman–Crippen LogP) is 0.607. The molecule has 0 aromatic rings. The first kappa shape index (κ1) is 9.52. The highest BCUT2D eigenvalue weighted by molar-refractivity contribution is 5.47. The van der Waals surface area contributed by atoms with E-state index in [-0.39, 0.29) is 5.54 Å². The molecule has 0 aromatic heterocycles. The second-order valence-corrected chi connectivity index (χ2v) is 4.13. The molecule has 0 spiro atoms. The number of hydrogen-bond acceptors (Lipinski definition) is 2. The number of hydrogen-bond donors (Lipinski definition) is 1. The van der Waals surface area contributed by atoms with Gasteiger partial charge in [0.05, 0.1) is 0 Å². The summed E-state index contributed by atoms with van der Waals surface area (Å²) < 4.78 is 0. The molecular weight excluding hydrogens is 152 g/mol. The van der Waals surface area contributed by atoms with E-state index >= 15 is 0 Å². The Kier molecular flexibility index (Phi) is 3.09. The first-order valence-electron chi connectivity index (χ1n) is 4.58. The Morgan fingerprint density at radius 1 is 1.42 bits per heavy atom.